The number of H-pyrrole nitrogens is 1. The van der Waals surface area contributed by atoms with Crippen molar-refractivity contribution in [3.8, 4) is 0 Å². The molecule has 1 fully saturated rings. The molecule has 0 unspecified atom stereocenters. The normalized spacial score (nSPS) is 18.4. The van der Waals surface area contributed by atoms with E-state index < -0.39 is 0 Å². The van der Waals surface area contributed by atoms with Gasteiger partial charge in [-0.15, -0.1) is 0 Å². The van der Waals surface area contributed by atoms with Gasteiger partial charge in [-0.1, -0.05) is 6.08 Å². The molecule has 2 aliphatic heterocycles. The van der Waals surface area contributed by atoms with Gasteiger partial charge < -0.3 is 25.7 Å². The molecule has 0 aliphatic carbocycles. The molecule has 2 aliphatic rings. The molecule has 30 heavy (non-hydrogen) atoms. The molecule has 0 spiro atoms. The van der Waals surface area contributed by atoms with E-state index in [2.05, 4.69) is 26.3 Å². The number of rotatable bonds is 6. The summed E-state index contributed by atoms with van der Waals surface area (Å²) in [6, 6.07) is 2.22. The van der Waals surface area contributed by atoms with Crippen LogP contribution in [-0.4, -0.2) is 59.7 Å². The van der Waals surface area contributed by atoms with Crippen LogP contribution in [0, 0.1) is 6.92 Å². The van der Waals surface area contributed by atoms with E-state index in [1.54, 1.807) is 0 Å². The number of likely N-dealkylation sites (tertiary alicyclic amines) is 1. The van der Waals surface area contributed by atoms with Crippen LogP contribution in [-0.2, 0) is 9.53 Å². The van der Waals surface area contributed by atoms with Crippen LogP contribution in [0.1, 0.15) is 36.8 Å². The van der Waals surface area contributed by atoms with Crippen molar-refractivity contribution in [1.29, 1.82) is 0 Å². The van der Waals surface area contributed by atoms with Crippen LogP contribution in [0.4, 0.5) is 5.82 Å². The molecular formula is C22H29N5O3. The number of nitrogens with zero attached hydrogens (tertiary/aromatic N) is 2. The van der Waals surface area contributed by atoms with Gasteiger partial charge >= 0.3 is 0 Å². The Morgan fingerprint density at radius 1 is 1.40 bits per heavy atom. The average Bonchev–Trinajstić information content (AvgIpc) is 2.75. The predicted octanol–water partition coefficient (Wildman–Crippen LogP) is 1.79. The van der Waals surface area contributed by atoms with Crippen LogP contribution in [0.15, 0.2) is 23.1 Å². The maximum Gasteiger partial charge on any atom is 0.251 e. The zero-order valence-corrected chi connectivity index (χ0v) is 17.4. The van der Waals surface area contributed by atoms with Crippen LogP contribution >= 0.6 is 0 Å². The van der Waals surface area contributed by atoms with Crippen molar-refractivity contribution in [2.24, 2.45) is 5.73 Å². The van der Waals surface area contributed by atoms with Gasteiger partial charge in [-0.25, -0.2) is 4.98 Å². The van der Waals surface area contributed by atoms with Crippen LogP contribution in [0.2, 0.25) is 0 Å². The largest absolute Gasteiger partial charge is 0.377 e. The highest BCUT2D eigenvalue weighted by Gasteiger charge is 2.21. The molecule has 4 rings (SSSR count). The molecule has 0 bridgehead atoms. The number of aromatic amines is 1. The molecule has 0 atom stereocenters. The standard InChI is InChI=1S/C22H29N5O3/c1-14-12-17-18(15-5-10-30-11-6-15)13-24-21(20(17)26-22(14)29)25-16-2-7-27(8-3-16)9-4-19(23)28/h5,12-13,16H,2-4,6-11H2,1H3,(H2,23,28)(H,24,25)(H,26,29). The molecule has 2 aromatic rings. The highest BCUT2D eigenvalue weighted by Crippen LogP contribution is 2.31. The number of primary amides is 1. The Balaban J connectivity index is 1.56. The third-order valence-corrected chi connectivity index (χ3v) is 5.99. The summed E-state index contributed by atoms with van der Waals surface area (Å²) in [7, 11) is 0. The Morgan fingerprint density at radius 3 is 2.90 bits per heavy atom. The van der Waals surface area contributed by atoms with E-state index in [4.69, 9.17) is 10.5 Å². The number of aromatic nitrogens is 2. The van der Waals surface area contributed by atoms with E-state index in [1.807, 2.05) is 19.2 Å². The Hall–Kier alpha value is -2.71. The quantitative estimate of drug-likeness (QED) is 0.668. The fourth-order valence-corrected chi connectivity index (χ4v) is 4.20. The maximum absolute atomic E-state index is 12.3. The number of fused-ring (bicyclic) bond motifs is 1. The van der Waals surface area contributed by atoms with Gasteiger partial charge in [0.2, 0.25) is 5.91 Å². The number of ether oxygens (including phenoxy) is 1. The monoisotopic (exact) mass is 411 g/mol. The number of piperidine rings is 1. The fraction of sp³-hybridized carbons (Fsp3) is 0.500. The Bertz CT molecular complexity index is 1020. The van der Waals surface area contributed by atoms with E-state index in [9.17, 15) is 9.59 Å². The summed E-state index contributed by atoms with van der Waals surface area (Å²) < 4.78 is 5.44. The minimum atomic E-state index is -0.259. The molecule has 8 heteroatoms. The molecule has 4 N–H and O–H groups in total. The predicted molar refractivity (Wildman–Crippen MR) is 117 cm³/mol. The van der Waals surface area contributed by atoms with Gasteiger partial charge in [-0.05, 0) is 37.8 Å². The lowest BCUT2D eigenvalue weighted by Gasteiger charge is -2.32. The summed E-state index contributed by atoms with van der Waals surface area (Å²) in [5.41, 5.74) is 8.87. The number of hydrogen-bond donors (Lipinski definition) is 3. The van der Waals surface area contributed by atoms with E-state index in [-0.39, 0.29) is 17.5 Å². The first-order valence-electron chi connectivity index (χ1n) is 10.6. The third-order valence-electron chi connectivity index (χ3n) is 5.99. The average molecular weight is 412 g/mol. The number of nitrogens with two attached hydrogens (primary N) is 1. The van der Waals surface area contributed by atoms with E-state index in [0.717, 1.165) is 48.8 Å². The molecule has 1 saturated heterocycles. The molecule has 4 heterocycles. The fourth-order valence-electron chi connectivity index (χ4n) is 4.20. The van der Waals surface area contributed by atoms with Crippen molar-refractivity contribution in [2.75, 3.05) is 38.2 Å². The lowest BCUT2D eigenvalue weighted by Crippen LogP contribution is -2.40. The van der Waals surface area contributed by atoms with E-state index in [0.29, 0.717) is 37.6 Å². The molecule has 2 aromatic heterocycles. The topological polar surface area (TPSA) is 113 Å². The van der Waals surface area contributed by atoms with Crippen molar-refractivity contribution >= 4 is 28.2 Å². The number of aryl methyl sites for hydroxylation is 1. The minimum Gasteiger partial charge on any atom is -0.377 e. The Labute approximate surface area is 175 Å². The molecule has 0 aromatic carbocycles. The van der Waals surface area contributed by atoms with Crippen molar-refractivity contribution in [3.05, 3.63) is 39.8 Å². The zero-order chi connectivity index (χ0) is 21.1. The van der Waals surface area contributed by atoms with E-state index >= 15 is 0 Å². The molecule has 8 nitrogen and oxygen atoms in total. The van der Waals surface area contributed by atoms with Gasteiger partial charge in [0.05, 0.1) is 18.7 Å². The SMILES string of the molecule is Cc1cc2c(C3=CCOCC3)cnc(NC3CCN(CCC(N)=O)CC3)c2[nH]c1=O. The minimum absolute atomic E-state index is 0.0910. The summed E-state index contributed by atoms with van der Waals surface area (Å²) >= 11 is 0. The third kappa shape index (κ3) is 4.55. The summed E-state index contributed by atoms with van der Waals surface area (Å²) in [4.78, 5) is 33.3. The number of amides is 1. The smallest absolute Gasteiger partial charge is 0.251 e. The number of hydrogen-bond acceptors (Lipinski definition) is 6. The number of nitrogens with one attached hydrogen (secondary N) is 2. The van der Waals surface area contributed by atoms with Gasteiger partial charge in [0.25, 0.3) is 5.56 Å². The number of carbonyl (C=O) groups is 1. The second-order valence-electron chi connectivity index (χ2n) is 8.12. The summed E-state index contributed by atoms with van der Waals surface area (Å²) in [6.45, 7) is 5.66. The van der Waals surface area contributed by atoms with Crippen molar-refractivity contribution in [3.63, 3.8) is 0 Å². The maximum atomic E-state index is 12.3. The van der Waals surface area contributed by atoms with Gasteiger partial charge in [-0.2, -0.15) is 0 Å². The van der Waals surface area contributed by atoms with E-state index in [1.165, 1.54) is 5.57 Å². The van der Waals surface area contributed by atoms with Crippen LogP contribution < -0.4 is 16.6 Å². The van der Waals surface area contributed by atoms with Gasteiger partial charge in [0.1, 0.15) is 0 Å². The molecule has 0 saturated carbocycles. The van der Waals surface area contributed by atoms with Crippen LogP contribution in [0.5, 0.6) is 0 Å². The molecule has 0 radical (unpaired) electrons. The van der Waals surface area contributed by atoms with Crippen LogP contribution in [0.25, 0.3) is 16.5 Å². The number of carbonyl (C=O) groups excluding carboxylic acids is 1. The van der Waals surface area contributed by atoms with Crippen molar-refractivity contribution in [2.45, 2.75) is 38.6 Å². The summed E-state index contributed by atoms with van der Waals surface area (Å²) in [6.07, 6.45) is 7.13. The summed E-state index contributed by atoms with van der Waals surface area (Å²) in [5.74, 6) is 0.457. The lowest BCUT2D eigenvalue weighted by molar-refractivity contribution is -0.118. The Kier molecular flexibility index (Phi) is 6.15. The zero-order valence-electron chi connectivity index (χ0n) is 17.4. The van der Waals surface area contributed by atoms with Gasteiger partial charge in [-0.3, -0.25) is 9.59 Å². The summed E-state index contributed by atoms with van der Waals surface area (Å²) in [5, 5.41) is 4.55. The second-order valence-corrected chi connectivity index (χ2v) is 8.12. The first-order valence-corrected chi connectivity index (χ1v) is 10.6. The first kappa shape index (κ1) is 20.6. The lowest BCUT2D eigenvalue weighted by atomic mass is 9.98. The highest BCUT2D eigenvalue weighted by atomic mass is 16.5. The number of pyridine rings is 2. The first-order chi connectivity index (χ1) is 14.5. The van der Waals surface area contributed by atoms with Gasteiger partial charge in [0, 0.05) is 54.8 Å². The molecule has 1 amide bonds. The van der Waals surface area contributed by atoms with Crippen molar-refractivity contribution in [1.82, 2.24) is 14.9 Å². The highest BCUT2D eigenvalue weighted by molar-refractivity contribution is 5.97. The Morgan fingerprint density at radius 2 is 2.20 bits per heavy atom. The van der Waals surface area contributed by atoms with Gasteiger partial charge in [0.15, 0.2) is 5.82 Å². The number of anilines is 1. The second kappa shape index (κ2) is 8.97. The molecular weight excluding hydrogens is 382 g/mol. The van der Waals surface area contributed by atoms with Crippen molar-refractivity contribution < 1.29 is 9.53 Å². The molecule has 160 valence electrons. The van der Waals surface area contributed by atoms with Crippen LogP contribution in [0.3, 0.4) is 0 Å².